The summed E-state index contributed by atoms with van der Waals surface area (Å²) in [6, 6.07) is 9.68. The zero-order chi connectivity index (χ0) is 29.7. The van der Waals surface area contributed by atoms with E-state index in [1.165, 1.54) is 0 Å². The maximum absolute atomic E-state index is 13.9. The van der Waals surface area contributed by atoms with E-state index in [2.05, 4.69) is 25.6 Å². The topological polar surface area (TPSA) is 107 Å². The largest absolute Gasteiger partial charge is 0.489 e. The van der Waals surface area contributed by atoms with Gasteiger partial charge in [-0.15, -0.1) is 0 Å². The van der Waals surface area contributed by atoms with E-state index in [0.29, 0.717) is 24.2 Å². The molecule has 4 aromatic rings. The first kappa shape index (κ1) is 29.2. The lowest BCUT2D eigenvalue weighted by Gasteiger charge is -2.22. The highest BCUT2D eigenvalue weighted by Gasteiger charge is 2.36. The van der Waals surface area contributed by atoms with E-state index in [4.69, 9.17) is 14.2 Å². The number of amides is 1. The predicted octanol–water partition coefficient (Wildman–Crippen LogP) is 6.24. The molecule has 220 valence electrons. The van der Waals surface area contributed by atoms with Gasteiger partial charge in [-0.05, 0) is 61.6 Å². The van der Waals surface area contributed by atoms with Gasteiger partial charge in [0, 0.05) is 48.8 Å². The molecule has 1 unspecified atom stereocenters. The average Bonchev–Trinajstić information content (AvgIpc) is 2.99. The van der Waals surface area contributed by atoms with Crippen molar-refractivity contribution < 1.29 is 32.2 Å². The van der Waals surface area contributed by atoms with Crippen LogP contribution in [-0.4, -0.2) is 54.0 Å². The lowest BCUT2D eigenvalue weighted by atomic mass is 10.00. The van der Waals surface area contributed by atoms with E-state index in [1.807, 2.05) is 25.1 Å². The minimum Gasteiger partial charge on any atom is -0.489 e. The molecule has 4 heterocycles. The van der Waals surface area contributed by atoms with E-state index in [9.17, 15) is 18.0 Å². The van der Waals surface area contributed by atoms with Crippen molar-refractivity contribution >= 4 is 28.3 Å². The minimum absolute atomic E-state index is 0.0557. The van der Waals surface area contributed by atoms with E-state index in [0.717, 1.165) is 53.1 Å². The highest BCUT2D eigenvalue weighted by Crippen LogP contribution is 2.36. The zero-order valence-corrected chi connectivity index (χ0v) is 23.1. The number of ether oxygens (including phenoxy) is 3. The normalized spacial score (nSPS) is 15.4. The molecule has 9 nitrogen and oxygen atoms in total. The first-order chi connectivity index (χ1) is 20.2. The standard InChI is InChI=1S/C30H30F3N5O4/c1-18-6-7-21(12-22(18)19-11-20-16-37-27(34-2)14-24(20)35-15-19)38-29(39)25-13-23(30(31,32)33)26(17-36-25)40-9-10-42-28-5-3-4-8-41-28/h6-7,11-17,28H,3-5,8-10H2,1-2H3,(H,34,37)(H,38,39). The fourth-order valence-corrected chi connectivity index (χ4v) is 4.59. The number of halogens is 3. The Labute approximate surface area is 240 Å². The Kier molecular flexibility index (Phi) is 8.83. The molecule has 1 aromatic carbocycles. The quantitative estimate of drug-likeness (QED) is 0.224. The summed E-state index contributed by atoms with van der Waals surface area (Å²) in [6.45, 7) is 2.44. The Morgan fingerprint density at radius 1 is 1.05 bits per heavy atom. The molecule has 5 rings (SSSR count). The summed E-state index contributed by atoms with van der Waals surface area (Å²) in [5, 5.41) is 6.46. The van der Waals surface area contributed by atoms with Crippen molar-refractivity contribution in [3.05, 3.63) is 71.8 Å². The van der Waals surface area contributed by atoms with Gasteiger partial charge in [-0.1, -0.05) is 6.07 Å². The number of alkyl halides is 3. The van der Waals surface area contributed by atoms with Gasteiger partial charge >= 0.3 is 6.18 Å². The molecule has 0 radical (unpaired) electrons. The van der Waals surface area contributed by atoms with Gasteiger partial charge in [0.25, 0.3) is 5.91 Å². The number of nitrogens with one attached hydrogen (secondary N) is 2. The molecule has 12 heteroatoms. The molecular formula is C30H30F3N5O4. The Morgan fingerprint density at radius 3 is 2.67 bits per heavy atom. The highest BCUT2D eigenvalue weighted by atomic mass is 19.4. The van der Waals surface area contributed by atoms with Gasteiger partial charge in [-0.2, -0.15) is 13.2 Å². The third-order valence-electron chi connectivity index (χ3n) is 6.82. The molecule has 1 atom stereocenters. The Morgan fingerprint density at radius 2 is 1.90 bits per heavy atom. The van der Waals surface area contributed by atoms with Gasteiger partial charge < -0.3 is 24.8 Å². The molecule has 0 aliphatic carbocycles. The van der Waals surface area contributed by atoms with Crippen LogP contribution in [0.25, 0.3) is 22.0 Å². The first-order valence-electron chi connectivity index (χ1n) is 13.5. The fourth-order valence-electron chi connectivity index (χ4n) is 4.59. The second-order valence-electron chi connectivity index (χ2n) is 9.80. The van der Waals surface area contributed by atoms with Gasteiger partial charge in [-0.3, -0.25) is 9.78 Å². The second kappa shape index (κ2) is 12.7. The number of carbonyl (C=O) groups is 1. The fraction of sp³-hybridized carbons (Fsp3) is 0.333. The molecule has 0 bridgehead atoms. The SMILES string of the molecule is CNc1cc2ncc(-c3cc(NC(=O)c4cc(C(F)(F)F)c(OCCOC5CCCCO5)cn4)ccc3C)cc2cn1. The molecule has 0 spiro atoms. The van der Waals surface area contributed by atoms with E-state index < -0.39 is 29.1 Å². The van der Waals surface area contributed by atoms with Crippen LogP contribution < -0.4 is 15.4 Å². The van der Waals surface area contributed by atoms with Crippen LogP contribution >= 0.6 is 0 Å². The van der Waals surface area contributed by atoms with E-state index in [1.54, 1.807) is 31.6 Å². The molecule has 2 N–H and O–H groups in total. The third kappa shape index (κ3) is 6.94. The van der Waals surface area contributed by atoms with Crippen LogP contribution in [-0.2, 0) is 15.7 Å². The lowest BCUT2D eigenvalue weighted by molar-refractivity contribution is -0.166. The number of aryl methyl sites for hydroxylation is 1. The number of anilines is 2. The molecule has 3 aromatic heterocycles. The van der Waals surface area contributed by atoms with Crippen molar-refractivity contribution in [2.24, 2.45) is 0 Å². The van der Waals surface area contributed by atoms with Crippen LogP contribution in [0.3, 0.4) is 0 Å². The van der Waals surface area contributed by atoms with Crippen LogP contribution in [0, 0.1) is 6.92 Å². The maximum Gasteiger partial charge on any atom is 0.420 e. The van der Waals surface area contributed by atoms with Crippen molar-refractivity contribution in [3.8, 4) is 16.9 Å². The van der Waals surface area contributed by atoms with Crippen molar-refractivity contribution in [1.29, 1.82) is 0 Å². The number of aromatic nitrogens is 3. The van der Waals surface area contributed by atoms with Crippen LogP contribution in [0.1, 0.15) is 40.9 Å². The number of benzene rings is 1. The summed E-state index contributed by atoms with van der Waals surface area (Å²) in [5.74, 6) is -0.575. The van der Waals surface area contributed by atoms with Gasteiger partial charge in [0.05, 0.1) is 18.3 Å². The monoisotopic (exact) mass is 581 g/mol. The van der Waals surface area contributed by atoms with Gasteiger partial charge in [0.1, 0.15) is 29.4 Å². The first-order valence-corrected chi connectivity index (χ1v) is 13.5. The second-order valence-corrected chi connectivity index (χ2v) is 9.80. The molecule has 42 heavy (non-hydrogen) atoms. The van der Waals surface area contributed by atoms with Crippen LogP contribution in [0.15, 0.2) is 55.0 Å². The summed E-state index contributed by atoms with van der Waals surface area (Å²) >= 11 is 0. The molecule has 1 saturated heterocycles. The molecular weight excluding hydrogens is 551 g/mol. The summed E-state index contributed by atoms with van der Waals surface area (Å²) in [6.07, 6.45) is 1.87. The van der Waals surface area contributed by atoms with Crippen molar-refractivity contribution in [3.63, 3.8) is 0 Å². The van der Waals surface area contributed by atoms with Gasteiger partial charge in [0.15, 0.2) is 6.29 Å². The van der Waals surface area contributed by atoms with Crippen LogP contribution in [0.4, 0.5) is 24.7 Å². The van der Waals surface area contributed by atoms with Crippen molar-refractivity contribution in [2.45, 2.75) is 38.7 Å². The van der Waals surface area contributed by atoms with Crippen molar-refractivity contribution in [2.75, 3.05) is 37.5 Å². The summed E-state index contributed by atoms with van der Waals surface area (Å²) in [5.41, 5.74) is 2.18. The molecule has 1 aliphatic rings. The van der Waals surface area contributed by atoms with Gasteiger partial charge in [-0.25, -0.2) is 9.97 Å². The number of pyridine rings is 3. The highest BCUT2D eigenvalue weighted by molar-refractivity contribution is 6.03. The maximum atomic E-state index is 13.9. The third-order valence-corrected chi connectivity index (χ3v) is 6.82. The molecule has 1 fully saturated rings. The average molecular weight is 582 g/mol. The molecule has 1 amide bonds. The summed E-state index contributed by atoms with van der Waals surface area (Å²) < 4.78 is 57.8. The number of hydrogen-bond donors (Lipinski definition) is 2. The summed E-state index contributed by atoms with van der Waals surface area (Å²) in [4.78, 5) is 25.8. The van der Waals surface area contributed by atoms with Crippen LogP contribution in [0.2, 0.25) is 0 Å². The number of nitrogens with zero attached hydrogens (tertiary/aromatic N) is 3. The zero-order valence-electron chi connectivity index (χ0n) is 23.1. The Hall–Kier alpha value is -4.29. The number of fused-ring (bicyclic) bond motifs is 1. The Balaban J connectivity index is 1.30. The predicted molar refractivity (Wildman–Crippen MR) is 151 cm³/mol. The minimum atomic E-state index is -4.76. The van der Waals surface area contributed by atoms with Crippen LogP contribution in [0.5, 0.6) is 5.75 Å². The number of carbonyl (C=O) groups excluding carboxylic acids is 1. The van der Waals surface area contributed by atoms with E-state index in [-0.39, 0.29) is 19.5 Å². The summed E-state index contributed by atoms with van der Waals surface area (Å²) in [7, 11) is 1.78. The molecule has 1 aliphatic heterocycles. The number of hydrogen-bond acceptors (Lipinski definition) is 8. The molecule has 0 saturated carbocycles. The van der Waals surface area contributed by atoms with Gasteiger partial charge in [0.2, 0.25) is 0 Å². The number of rotatable bonds is 9. The Bertz CT molecular complexity index is 1570. The van der Waals surface area contributed by atoms with E-state index >= 15 is 0 Å². The van der Waals surface area contributed by atoms with Crippen molar-refractivity contribution in [1.82, 2.24) is 15.0 Å². The smallest absolute Gasteiger partial charge is 0.420 e. The lowest BCUT2D eigenvalue weighted by Crippen LogP contribution is -2.24.